The molecule has 0 amide bonds. The normalized spacial score (nSPS) is 12.3. The first-order valence-electron chi connectivity index (χ1n) is 7.48. The standard InChI is InChI=1S/C17H25F2N/c1-3-5-6-7-8-9-17(20-12-4-2)15-13-14(18)10-11-16(15)19/h3,10-11,13,17,20H,1,4-9,12H2,2H3. The number of benzene rings is 1. The Kier molecular flexibility index (Phi) is 8.12. The SMILES string of the molecule is C=CCCCCCC(NCCC)c1cc(F)ccc1F. The van der Waals surface area contributed by atoms with Crippen molar-refractivity contribution in [3.05, 3.63) is 48.1 Å². The van der Waals surface area contributed by atoms with Gasteiger partial charge in [0.15, 0.2) is 0 Å². The van der Waals surface area contributed by atoms with Crippen molar-refractivity contribution in [2.24, 2.45) is 0 Å². The van der Waals surface area contributed by atoms with E-state index in [1.54, 1.807) is 0 Å². The fraction of sp³-hybridized carbons (Fsp3) is 0.529. The van der Waals surface area contributed by atoms with Crippen molar-refractivity contribution in [2.75, 3.05) is 6.54 Å². The molecule has 0 aliphatic carbocycles. The van der Waals surface area contributed by atoms with Gasteiger partial charge in [-0.15, -0.1) is 6.58 Å². The highest BCUT2D eigenvalue weighted by Gasteiger charge is 2.15. The van der Waals surface area contributed by atoms with Crippen molar-refractivity contribution in [2.45, 2.75) is 51.5 Å². The summed E-state index contributed by atoms with van der Waals surface area (Å²) >= 11 is 0. The Balaban J connectivity index is 2.62. The van der Waals surface area contributed by atoms with Crippen LogP contribution in [-0.4, -0.2) is 6.54 Å². The minimum absolute atomic E-state index is 0.102. The third-order valence-electron chi connectivity index (χ3n) is 3.38. The Bertz CT molecular complexity index is 404. The molecule has 0 saturated heterocycles. The van der Waals surface area contributed by atoms with E-state index in [0.717, 1.165) is 45.1 Å². The summed E-state index contributed by atoms with van der Waals surface area (Å²) in [5.74, 6) is -0.706. The van der Waals surface area contributed by atoms with Crippen LogP contribution in [0.4, 0.5) is 8.78 Å². The summed E-state index contributed by atoms with van der Waals surface area (Å²) in [5, 5.41) is 3.32. The average Bonchev–Trinajstić information content (AvgIpc) is 2.45. The highest BCUT2D eigenvalue weighted by Crippen LogP contribution is 2.24. The lowest BCUT2D eigenvalue weighted by Gasteiger charge is -2.19. The Labute approximate surface area is 121 Å². The van der Waals surface area contributed by atoms with Crippen molar-refractivity contribution < 1.29 is 8.78 Å². The van der Waals surface area contributed by atoms with E-state index in [1.165, 1.54) is 18.2 Å². The zero-order valence-electron chi connectivity index (χ0n) is 12.3. The minimum Gasteiger partial charge on any atom is -0.310 e. The van der Waals surface area contributed by atoms with E-state index in [2.05, 4.69) is 18.8 Å². The van der Waals surface area contributed by atoms with Crippen LogP contribution in [0, 0.1) is 11.6 Å². The number of hydrogen-bond acceptors (Lipinski definition) is 1. The van der Waals surface area contributed by atoms with Gasteiger partial charge in [-0.25, -0.2) is 8.78 Å². The van der Waals surface area contributed by atoms with Gasteiger partial charge in [0.2, 0.25) is 0 Å². The lowest BCUT2D eigenvalue weighted by Crippen LogP contribution is -2.23. The molecule has 1 rings (SSSR count). The van der Waals surface area contributed by atoms with Crippen LogP contribution in [0.1, 0.15) is 57.1 Å². The summed E-state index contributed by atoms with van der Waals surface area (Å²) in [4.78, 5) is 0. The maximum Gasteiger partial charge on any atom is 0.128 e. The second kappa shape index (κ2) is 9.65. The molecule has 20 heavy (non-hydrogen) atoms. The molecule has 112 valence electrons. The molecule has 0 spiro atoms. The van der Waals surface area contributed by atoms with Crippen molar-refractivity contribution in [1.29, 1.82) is 0 Å². The maximum atomic E-state index is 13.9. The maximum absolute atomic E-state index is 13.9. The molecule has 1 aromatic rings. The molecule has 1 unspecified atom stereocenters. The van der Waals surface area contributed by atoms with Gasteiger partial charge in [0.05, 0.1) is 0 Å². The molecule has 0 aromatic heterocycles. The van der Waals surface area contributed by atoms with Crippen LogP contribution in [0.5, 0.6) is 0 Å². The van der Waals surface area contributed by atoms with E-state index in [9.17, 15) is 8.78 Å². The third kappa shape index (κ3) is 5.83. The molecule has 1 aromatic carbocycles. The second-order valence-corrected chi connectivity index (χ2v) is 5.10. The van der Waals surface area contributed by atoms with Crippen LogP contribution in [0.15, 0.2) is 30.9 Å². The number of nitrogens with one attached hydrogen (secondary N) is 1. The smallest absolute Gasteiger partial charge is 0.128 e. The van der Waals surface area contributed by atoms with Gasteiger partial charge in [-0.05, 0) is 50.4 Å². The summed E-state index contributed by atoms with van der Waals surface area (Å²) in [6.07, 6.45) is 7.94. The topological polar surface area (TPSA) is 12.0 Å². The number of allylic oxidation sites excluding steroid dienone is 1. The largest absolute Gasteiger partial charge is 0.310 e. The molecule has 3 heteroatoms. The minimum atomic E-state index is -0.378. The molecular formula is C17H25F2N. The molecule has 0 saturated carbocycles. The molecule has 0 radical (unpaired) electrons. The Morgan fingerprint density at radius 3 is 2.75 bits per heavy atom. The third-order valence-corrected chi connectivity index (χ3v) is 3.38. The van der Waals surface area contributed by atoms with Gasteiger partial charge in [-0.3, -0.25) is 0 Å². The van der Waals surface area contributed by atoms with Gasteiger partial charge in [-0.2, -0.15) is 0 Å². The number of rotatable bonds is 10. The number of unbranched alkanes of at least 4 members (excludes halogenated alkanes) is 3. The van der Waals surface area contributed by atoms with Crippen LogP contribution in [-0.2, 0) is 0 Å². The second-order valence-electron chi connectivity index (χ2n) is 5.10. The first kappa shape index (κ1) is 16.8. The average molecular weight is 281 g/mol. The first-order chi connectivity index (χ1) is 9.69. The van der Waals surface area contributed by atoms with Crippen LogP contribution in [0.25, 0.3) is 0 Å². The van der Waals surface area contributed by atoms with E-state index in [0.29, 0.717) is 5.56 Å². The van der Waals surface area contributed by atoms with Crippen LogP contribution < -0.4 is 5.32 Å². The van der Waals surface area contributed by atoms with E-state index in [1.807, 2.05) is 6.08 Å². The van der Waals surface area contributed by atoms with Gasteiger partial charge in [0.25, 0.3) is 0 Å². The monoisotopic (exact) mass is 281 g/mol. The molecule has 1 atom stereocenters. The molecule has 0 bridgehead atoms. The summed E-state index contributed by atoms with van der Waals surface area (Å²) in [6, 6.07) is 3.59. The Morgan fingerprint density at radius 2 is 2.05 bits per heavy atom. The fourth-order valence-corrected chi connectivity index (χ4v) is 2.28. The van der Waals surface area contributed by atoms with Crippen LogP contribution in [0.2, 0.25) is 0 Å². The fourth-order valence-electron chi connectivity index (χ4n) is 2.28. The van der Waals surface area contributed by atoms with Crippen LogP contribution in [0.3, 0.4) is 0 Å². The van der Waals surface area contributed by atoms with Crippen molar-refractivity contribution in [1.82, 2.24) is 5.32 Å². The van der Waals surface area contributed by atoms with Crippen molar-refractivity contribution >= 4 is 0 Å². The molecule has 0 aliphatic heterocycles. The molecule has 0 fully saturated rings. The Morgan fingerprint density at radius 1 is 1.25 bits per heavy atom. The molecular weight excluding hydrogens is 256 g/mol. The van der Waals surface area contributed by atoms with E-state index >= 15 is 0 Å². The first-order valence-corrected chi connectivity index (χ1v) is 7.48. The predicted octanol–water partition coefficient (Wildman–Crippen LogP) is 5.14. The Hall–Kier alpha value is -1.22. The van der Waals surface area contributed by atoms with E-state index in [-0.39, 0.29) is 17.7 Å². The molecule has 0 heterocycles. The highest BCUT2D eigenvalue weighted by atomic mass is 19.1. The van der Waals surface area contributed by atoms with Gasteiger partial charge >= 0.3 is 0 Å². The molecule has 1 N–H and O–H groups in total. The van der Waals surface area contributed by atoms with Crippen LogP contribution >= 0.6 is 0 Å². The van der Waals surface area contributed by atoms with Crippen molar-refractivity contribution in [3.8, 4) is 0 Å². The number of hydrogen-bond donors (Lipinski definition) is 1. The quantitative estimate of drug-likeness (QED) is 0.462. The summed E-state index contributed by atoms with van der Waals surface area (Å²) < 4.78 is 27.2. The lowest BCUT2D eigenvalue weighted by atomic mass is 9.99. The number of halogens is 2. The van der Waals surface area contributed by atoms with Gasteiger partial charge < -0.3 is 5.32 Å². The summed E-state index contributed by atoms with van der Waals surface area (Å²) in [5.41, 5.74) is 0.446. The van der Waals surface area contributed by atoms with Crippen molar-refractivity contribution in [3.63, 3.8) is 0 Å². The summed E-state index contributed by atoms with van der Waals surface area (Å²) in [6.45, 7) is 6.58. The predicted molar refractivity (Wildman–Crippen MR) is 80.7 cm³/mol. The highest BCUT2D eigenvalue weighted by molar-refractivity contribution is 5.22. The molecule has 0 aliphatic rings. The van der Waals surface area contributed by atoms with E-state index < -0.39 is 0 Å². The molecule has 1 nitrogen and oxygen atoms in total. The summed E-state index contributed by atoms with van der Waals surface area (Å²) in [7, 11) is 0. The zero-order valence-corrected chi connectivity index (χ0v) is 12.3. The van der Waals surface area contributed by atoms with Gasteiger partial charge in [0, 0.05) is 11.6 Å². The van der Waals surface area contributed by atoms with E-state index in [4.69, 9.17) is 0 Å². The van der Waals surface area contributed by atoms with Gasteiger partial charge in [-0.1, -0.05) is 25.8 Å². The zero-order chi connectivity index (χ0) is 14.8. The van der Waals surface area contributed by atoms with Gasteiger partial charge in [0.1, 0.15) is 11.6 Å². The lowest BCUT2D eigenvalue weighted by molar-refractivity contribution is 0.449.